The van der Waals surface area contributed by atoms with Crippen LogP contribution in [0.4, 0.5) is 11.9 Å². The lowest BCUT2D eigenvalue weighted by Crippen LogP contribution is -2.17. The Morgan fingerprint density at radius 2 is 1.88 bits per heavy atom. The van der Waals surface area contributed by atoms with E-state index in [2.05, 4.69) is 39.4 Å². The fraction of sp³-hybridized carbons (Fsp3) is 0.727. The highest BCUT2D eigenvalue weighted by Crippen LogP contribution is 2.12. The normalized spacial score (nSPS) is 12.2. The average Bonchev–Trinajstić information content (AvgIpc) is 2.28. The van der Waals surface area contributed by atoms with Crippen LogP contribution in [0.2, 0.25) is 5.28 Å². The molecule has 0 spiro atoms. The molecule has 0 radical (unpaired) electrons. The molecular formula is C11H20ClN5. The number of nitrogens with zero attached hydrogens (tertiary/aromatic N) is 3. The van der Waals surface area contributed by atoms with Gasteiger partial charge in [-0.05, 0) is 24.9 Å². The Morgan fingerprint density at radius 1 is 1.18 bits per heavy atom. The molecule has 1 rings (SSSR count). The Bertz CT molecular complexity index is 345. The van der Waals surface area contributed by atoms with Crippen molar-refractivity contribution in [3.8, 4) is 0 Å². The van der Waals surface area contributed by atoms with Gasteiger partial charge < -0.3 is 10.6 Å². The first kappa shape index (κ1) is 14.0. The van der Waals surface area contributed by atoms with Crippen molar-refractivity contribution in [2.24, 2.45) is 0 Å². The fourth-order valence-electron chi connectivity index (χ4n) is 1.52. The summed E-state index contributed by atoms with van der Waals surface area (Å²) in [7, 11) is 1.75. The molecule has 5 nitrogen and oxygen atoms in total. The minimum Gasteiger partial charge on any atom is -0.357 e. The second-order valence-corrected chi connectivity index (χ2v) is 4.38. The summed E-state index contributed by atoms with van der Waals surface area (Å²) >= 11 is 5.80. The maximum atomic E-state index is 5.80. The Morgan fingerprint density at radius 3 is 2.53 bits per heavy atom. The predicted octanol–water partition coefficient (Wildman–Crippen LogP) is 2.95. The third-order valence-electron chi connectivity index (χ3n) is 2.45. The molecule has 0 amide bonds. The summed E-state index contributed by atoms with van der Waals surface area (Å²) in [6.07, 6.45) is 4.80. The largest absolute Gasteiger partial charge is 0.357 e. The second kappa shape index (κ2) is 7.27. The fourth-order valence-corrected chi connectivity index (χ4v) is 1.68. The Hall–Kier alpha value is -1.10. The van der Waals surface area contributed by atoms with Gasteiger partial charge in [0.05, 0.1) is 0 Å². The summed E-state index contributed by atoms with van der Waals surface area (Å²) in [5, 5.41) is 6.28. The van der Waals surface area contributed by atoms with Gasteiger partial charge in [0, 0.05) is 13.1 Å². The molecule has 0 aliphatic heterocycles. The van der Waals surface area contributed by atoms with Gasteiger partial charge in [0.15, 0.2) is 0 Å². The van der Waals surface area contributed by atoms with Crippen LogP contribution in [0.15, 0.2) is 0 Å². The quantitative estimate of drug-likeness (QED) is 0.736. The van der Waals surface area contributed by atoms with Gasteiger partial charge in [0.25, 0.3) is 0 Å². The van der Waals surface area contributed by atoms with Crippen LogP contribution in [0.5, 0.6) is 0 Å². The van der Waals surface area contributed by atoms with E-state index in [1.54, 1.807) is 7.05 Å². The highest BCUT2D eigenvalue weighted by molar-refractivity contribution is 6.28. The lowest BCUT2D eigenvalue weighted by atomic mass is 10.1. The van der Waals surface area contributed by atoms with E-state index in [1.165, 1.54) is 19.3 Å². The number of anilines is 2. The van der Waals surface area contributed by atoms with Gasteiger partial charge in [0.2, 0.25) is 17.2 Å². The van der Waals surface area contributed by atoms with Gasteiger partial charge >= 0.3 is 0 Å². The molecule has 0 aromatic carbocycles. The number of hydrogen-bond acceptors (Lipinski definition) is 5. The molecule has 96 valence electrons. The summed E-state index contributed by atoms with van der Waals surface area (Å²) in [6, 6.07) is 0.338. The predicted molar refractivity (Wildman–Crippen MR) is 71.6 cm³/mol. The summed E-state index contributed by atoms with van der Waals surface area (Å²) in [4.78, 5) is 12.2. The van der Waals surface area contributed by atoms with Gasteiger partial charge in [-0.3, -0.25) is 0 Å². The van der Waals surface area contributed by atoms with Crippen LogP contribution in [0.25, 0.3) is 0 Å². The lowest BCUT2D eigenvalue weighted by molar-refractivity contribution is 0.612. The van der Waals surface area contributed by atoms with Crippen LogP contribution in [0.1, 0.15) is 39.5 Å². The van der Waals surface area contributed by atoms with Crippen molar-refractivity contribution >= 4 is 23.5 Å². The van der Waals surface area contributed by atoms with E-state index in [4.69, 9.17) is 11.6 Å². The first-order chi connectivity index (χ1) is 8.15. The zero-order valence-corrected chi connectivity index (χ0v) is 11.4. The molecule has 1 aromatic heterocycles. The summed E-state index contributed by atoms with van der Waals surface area (Å²) in [6.45, 7) is 4.31. The van der Waals surface area contributed by atoms with E-state index in [0.29, 0.717) is 17.9 Å². The van der Waals surface area contributed by atoms with Crippen LogP contribution in [-0.4, -0.2) is 28.0 Å². The zero-order valence-electron chi connectivity index (χ0n) is 10.6. The number of nitrogens with one attached hydrogen (secondary N) is 2. The molecule has 1 unspecified atom stereocenters. The Kier molecular flexibility index (Phi) is 5.97. The van der Waals surface area contributed by atoms with Crippen molar-refractivity contribution in [3.63, 3.8) is 0 Å². The van der Waals surface area contributed by atoms with Crippen LogP contribution >= 0.6 is 11.6 Å². The Balaban J connectivity index is 2.52. The third-order valence-corrected chi connectivity index (χ3v) is 2.62. The van der Waals surface area contributed by atoms with Gasteiger partial charge in [0.1, 0.15) is 0 Å². The van der Waals surface area contributed by atoms with Gasteiger partial charge in [-0.2, -0.15) is 15.0 Å². The minimum absolute atomic E-state index is 0.201. The number of unbranched alkanes of at least 4 members (excludes halogenated alkanes) is 2. The third kappa shape index (κ3) is 5.17. The number of halogens is 1. The van der Waals surface area contributed by atoms with Crippen LogP contribution in [0, 0.1) is 0 Å². The molecule has 0 fully saturated rings. The van der Waals surface area contributed by atoms with Crippen molar-refractivity contribution in [1.29, 1.82) is 0 Å². The van der Waals surface area contributed by atoms with Crippen molar-refractivity contribution in [2.45, 2.75) is 45.6 Å². The van der Waals surface area contributed by atoms with Crippen LogP contribution in [0.3, 0.4) is 0 Å². The molecular weight excluding hydrogens is 238 g/mol. The smallest absolute Gasteiger partial charge is 0.229 e. The number of rotatable bonds is 7. The van der Waals surface area contributed by atoms with E-state index in [9.17, 15) is 0 Å². The van der Waals surface area contributed by atoms with Gasteiger partial charge in [-0.25, -0.2) is 0 Å². The lowest BCUT2D eigenvalue weighted by Gasteiger charge is -2.13. The van der Waals surface area contributed by atoms with Crippen molar-refractivity contribution in [3.05, 3.63) is 5.28 Å². The first-order valence-corrected chi connectivity index (χ1v) is 6.39. The van der Waals surface area contributed by atoms with Gasteiger partial charge in [-0.15, -0.1) is 0 Å². The van der Waals surface area contributed by atoms with E-state index < -0.39 is 0 Å². The maximum Gasteiger partial charge on any atom is 0.229 e. The molecule has 0 aliphatic carbocycles. The van der Waals surface area contributed by atoms with Crippen molar-refractivity contribution < 1.29 is 0 Å². The second-order valence-electron chi connectivity index (χ2n) is 4.04. The standard InChI is InChI=1S/C11H20ClN5/c1-4-5-6-7-8(2)14-11-16-9(12)15-10(13-3)17-11/h8H,4-7H2,1-3H3,(H2,13,14,15,16,17). The molecule has 1 heterocycles. The van der Waals surface area contributed by atoms with Crippen LogP contribution < -0.4 is 10.6 Å². The summed E-state index contributed by atoms with van der Waals surface area (Å²) < 4.78 is 0. The molecule has 2 N–H and O–H groups in total. The van der Waals surface area contributed by atoms with Crippen molar-refractivity contribution in [2.75, 3.05) is 17.7 Å². The average molecular weight is 258 g/mol. The van der Waals surface area contributed by atoms with Crippen molar-refractivity contribution in [1.82, 2.24) is 15.0 Å². The molecule has 6 heteroatoms. The highest BCUT2D eigenvalue weighted by Gasteiger charge is 2.07. The SMILES string of the molecule is CCCCCC(C)Nc1nc(Cl)nc(NC)n1. The topological polar surface area (TPSA) is 62.7 Å². The summed E-state index contributed by atoms with van der Waals surface area (Å²) in [5.41, 5.74) is 0. The zero-order chi connectivity index (χ0) is 12.7. The molecule has 0 saturated carbocycles. The molecule has 0 saturated heterocycles. The van der Waals surface area contributed by atoms with E-state index in [1.807, 2.05) is 0 Å². The molecule has 1 atom stereocenters. The highest BCUT2D eigenvalue weighted by atomic mass is 35.5. The number of aromatic nitrogens is 3. The maximum absolute atomic E-state index is 5.80. The molecule has 1 aromatic rings. The van der Waals surface area contributed by atoms with Gasteiger partial charge in [-0.1, -0.05) is 26.2 Å². The van der Waals surface area contributed by atoms with E-state index >= 15 is 0 Å². The Labute approximate surface area is 107 Å². The van der Waals surface area contributed by atoms with E-state index in [-0.39, 0.29) is 5.28 Å². The van der Waals surface area contributed by atoms with E-state index in [0.717, 1.165) is 6.42 Å². The molecule has 0 bridgehead atoms. The minimum atomic E-state index is 0.201. The first-order valence-electron chi connectivity index (χ1n) is 6.01. The molecule has 17 heavy (non-hydrogen) atoms. The number of hydrogen-bond donors (Lipinski definition) is 2. The van der Waals surface area contributed by atoms with Crippen LogP contribution in [-0.2, 0) is 0 Å². The monoisotopic (exact) mass is 257 g/mol. The summed E-state index contributed by atoms with van der Waals surface area (Å²) in [5.74, 6) is 1.01. The molecule has 0 aliphatic rings.